The number of para-hydroxylation sites is 1. The van der Waals surface area contributed by atoms with Gasteiger partial charge in [-0.2, -0.15) is 0 Å². The first-order valence-electron chi connectivity index (χ1n) is 8.86. The van der Waals surface area contributed by atoms with Crippen LogP contribution >= 0.6 is 11.3 Å². The molecule has 3 amide bonds. The molecule has 0 spiro atoms. The highest BCUT2D eigenvalue weighted by atomic mass is 32.1. The number of rotatable bonds is 6. The van der Waals surface area contributed by atoms with Gasteiger partial charge in [-0.05, 0) is 31.4 Å². The van der Waals surface area contributed by atoms with E-state index in [4.69, 9.17) is 0 Å². The lowest BCUT2D eigenvalue weighted by Gasteiger charge is -2.20. The molecule has 0 saturated carbocycles. The molecule has 1 aromatic heterocycles. The molecule has 2 N–H and O–H groups in total. The molecule has 0 radical (unpaired) electrons. The van der Waals surface area contributed by atoms with Gasteiger partial charge in [0.15, 0.2) is 0 Å². The van der Waals surface area contributed by atoms with Crippen molar-refractivity contribution in [1.29, 1.82) is 0 Å². The van der Waals surface area contributed by atoms with Crippen LogP contribution in [0.2, 0.25) is 0 Å². The monoisotopic (exact) mass is 360 g/mol. The third-order valence-electron chi connectivity index (χ3n) is 4.30. The lowest BCUT2D eigenvalue weighted by Crippen LogP contribution is -2.37. The van der Waals surface area contributed by atoms with Gasteiger partial charge in [0.1, 0.15) is 5.01 Å². The van der Waals surface area contributed by atoms with Crippen LogP contribution in [-0.4, -0.2) is 41.5 Å². The third kappa shape index (κ3) is 5.16. The number of thiazole rings is 1. The van der Waals surface area contributed by atoms with E-state index < -0.39 is 0 Å². The van der Waals surface area contributed by atoms with Crippen molar-refractivity contribution < 1.29 is 9.59 Å². The third-order valence-corrected chi connectivity index (χ3v) is 5.34. The van der Waals surface area contributed by atoms with Crippen LogP contribution in [0, 0.1) is 0 Å². The molecule has 1 aliphatic heterocycles. The molecule has 1 fully saturated rings. The van der Waals surface area contributed by atoms with E-state index in [1.807, 2.05) is 29.2 Å². The summed E-state index contributed by atoms with van der Waals surface area (Å²) in [5, 5.41) is 6.57. The van der Waals surface area contributed by atoms with E-state index in [9.17, 15) is 9.59 Å². The van der Waals surface area contributed by atoms with Crippen molar-refractivity contribution in [3.8, 4) is 0 Å². The molecular formula is C18H24N4O2S. The second-order valence-corrected chi connectivity index (χ2v) is 7.34. The van der Waals surface area contributed by atoms with Crippen molar-refractivity contribution in [2.45, 2.75) is 38.6 Å². The van der Waals surface area contributed by atoms with E-state index in [0.29, 0.717) is 19.5 Å². The number of likely N-dealkylation sites (tertiary alicyclic amines) is 1. The predicted molar refractivity (Wildman–Crippen MR) is 99.5 cm³/mol. The number of carbonyl (C=O) groups excluding carboxylic acids is 2. The average molecular weight is 360 g/mol. The summed E-state index contributed by atoms with van der Waals surface area (Å²) in [4.78, 5) is 30.2. The summed E-state index contributed by atoms with van der Waals surface area (Å²) in [6.45, 7) is 2.56. The van der Waals surface area contributed by atoms with E-state index in [0.717, 1.165) is 54.0 Å². The Kier molecular flexibility index (Phi) is 6.22. The molecule has 7 heteroatoms. The van der Waals surface area contributed by atoms with Gasteiger partial charge >= 0.3 is 6.03 Å². The first-order chi connectivity index (χ1) is 12.2. The number of amides is 3. The Hall–Kier alpha value is -2.15. The zero-order valence-corrected chi connectivity index (χ0v) is 15.1. The molecule has 6 nitrogen and oxygen atoms in total. The Bertz CT molecular complexity index is 698. The van der Waals surface area contributed by atoms with Gasteiger partial charge < -0.3 is 15.5 Å². The van der Waals surface area contributed by atoms with E-state index in [2.05, 4.69) is 15.6 Å². The van der Waals surface area contributed by atoms with Gasteiger partial charge in [-0.1, -0.05) is 18.6 Å². The molecular weight excluding hydrogens is 336 g/mol. The number of hydrogen-bond donors (Lipinski definition) is 2. The number of nitrogens with one attached hydrogen (secondary N) is 2. The number of fused-ring (bicyclic) bond motifs is 1. The molecule has 1 aliphatic rings. The second-order valence-electron chi connectivity index (χ2n) is 6.23. The molecule has 1 aromatic carbocycles. The molecule has 0 unspecified atom stereocenters. The van der Waals surface area contributed by atoms with Crippen LogP contribution in [0.4, 0.5) is 4.79 Å². The van der Waals surface area contributed by atoms with Crippen LogP contribution in [0.3, 0.4) is 0 Å². The van der Waals surface area contributed by atoms with Gasteiger partial charge in [0.2, 0.25) is 5.91 Å². The highest BCUT2D eigenvalue weighted by Crippen LogP contribution is 2.21. The average Bonchev–Trinajstić information content (AvgIpc) is 2.93. The lowest BCUT2D eigenvalue weighted by atomic mass is 10.2. The van der Waals surface area contributed by atoms with Gasteiger partial charge in [0.25, 0.3) is 0 Å². The summed E-state index contributed by atoms with van der Waals surface area (Å²) in [5.74, 6) is 0.248. The van der Waals surface area contributed by atoms with Gasteiger partial charge in [0, 0.05) is 26.1 Å². The molecule has 25 heavy (non-hydrogen) atoms. The highest BCUT2D eigenvalue weighted by Gasteiger charge is 2.15. The van der Waals surface area contributed by atoms with Crippen LogP contribution in [0.5, 0.6) is 0 Å². The maximum Gasteiger partial charge on any atom is 0.315 e. The maximum absolute atomic E-state index is 11.9. The fourth-order valence-electron chi connectivity index (χ4n) is 2.96. The molecule has 0 atom stereocenters. The van der Waals surface area contributed by atoms with Crippen molar-refractivity contribution in [3.63, 3.8) is 0 Å². The fraction of sp³-hybridized carbons (Fsp3) is 0.500. The predicted octanol–water partition coefficient (Wildman–Crippen LogP) is 2.89. The second kappa shape index (κ2) is 8.80. The number of carbonyl (C=O) groups is 2. The van der Waals surface area contributed by atoms with Gasteiger partial charge in [-0.3, -0.25) is 4.79 Å². The van der Waals surface area contributed by atoms with Gasteiger partial charge in [-0.15, -0.1) is 11.3 Å². The molecule has 0 bridgehead atoms. The van der Waals surface area contributed by atoms with Crippen molar-refractivity contribution in [1.82, 2.24) is 20.5 Å². The summed E-state index contributed by atoms with van der Waals surface area (Å²) in [5.41, 5.74) is 0.965. The Morgan fingerprint density at radius 1 is 1.20 bits per heavy atom. The summed E-state index contributed by atoms with van der Waals surface area (Å²) in [7, 11) is 0. The molecule has 1 saturated heterocycles. The largest absolute Gasteiger partial charge is 0.343 e. The van der Waals surface area contributed by atoms with Gasteiger partial charge in [-0.25, -0.2) is 9.78 Å². The minimum Gasteiger partial charge on any atom is -0.343 e. The van der Waals surface area contributed by atoms with Crippen LogP contribution in [0.1, 0.15) is 37.1 Å². The van der Waals surface area contributed by atoms with Crippen molar-refractivity contribution in [2.24, 2.45) is 0 Å². The van der Waals surface area contributed by atoms with Crippen molar-refractivity contribution >= 4 is 33.5 Å². The fourth-order valence-corrected chi connectivity index (χ4v) is 3.87. The first kappa shape index (κ1) is 17.7. The molecule has 0 aliphatic carbocycles. The maximum atomic E-state index is 11.9. The number of hydrogen-bond acceptors (Lipinski definition) is 4. The summed E-state index contributed by atoms with van der Waals surface area (Å²) < 4.78 is 1.13. The summed E-state index contributed by atoms with van der Waals surface area (Å²) in [6, 6.07) is 7.75. The van der Waals surface area contributed by atoms with Crippen molar-refractivity contribution in [2.75, 3.05) is 19.6 Å². The van der Waals surface area contributed by atoms with E-state index in [1.165, 1.54) is 0 Å². The van der Waals surface area contributed by atoms with E-state index in [1.54, 1.807) is 11.3 Å². The Balaban J connectivity index is 1.34. The topological polar surface area (TPSA) is 74.3 Å². The van der Waals surface area contributed by atoms with Crippen LogP contribution in [0.25, 0.3) is 10.2 Å². The van der Waals surface area contributed by atoms with Crippen molar-refractivity contribution in [3.05, 3.63) is 29.3 Å². The number of aromatic nitrogens is 1. The van der Waals surface area contributed by atoms with Crippen LogP contribution < -0.4 is 10.6 Å². The Morgan fingerprint density at radius 3 is 2.96 bits per heavy atom. The zero-order valence-electron chi connectivity index (χ0n) is 14.3. The number of benzene rings is 1. The highest BCUT2D eigenvalue weighted by molar-refractivity contribution is 7.18. The summed E-state index contributed by atoms with van der Waals surface area (Å²) in [6.07, 6.45) is 4.66. The molecule has 134 valence electrons. The zero-order chi connectivity index (χ0) is 17.5. The van der Waals surface area contributed by atoms with Crippen LogP contribution in [0.15, 0.2) is 24.3 Å². The molecule has 3 rings (SSSR count). The standard InChI is InChI=1S/C18H24N4O2S/c23-17-9-2-1-5-11-22(17)12-6-10-19-18(24)20-13-16-21-14-7-3-4-8-15(14)25-16/h3-4,7-8H,1-2,5-6,9-13H2,(H2,19,20,24). The lowest BCUT2D eigenvalue weighted by molar-refractivity contribution is -0.130. The van der Waals surface area contributed by atoms with Crippen LogP contribution in [-0.2, 0) is 11.3 Å². The Morgan fingerprint density at radius 2 is 2.08 bits per heavy atom. The quantitative estimate of drug-likeness (QED) is 0.778. The number of urea groups is 1. The van der Waals surface area contributed by atoms with Gasteiger partial charge in [0.05, 0.1) is 16.8 Å². The smallest absolute Gasteiger partial charge is 0.315 e. The normalized spacial score (nSPS) is 15.2. The first-order valence-corrected chi connectivity index (χ1v) is 9.68. The Labute approximate surface area is 151 Å². The van der Waals surface area contributed by atoms with E-state index in [-0.39, 0.29) is 11.9 Å². The summed E-state index contributed by atoms with van der Waals surface area (Å²) >= 11 is 1.59. The van der Waals surface area contributed by atoms with E-state index >= 15 is 0 Å². The minimum atomic E-state index is -0.193. The number of nitrogens with zero attached hydrogens (tertiary/aromatic N) is 2. The molecule has 2 heterocycles. The molecule has 2 aromatic rings. The minimum absolute atomic E-state index is 0.193. The SMILES string of the molecule is O=C(NCCCN1CCCCCC1=O)NCc1nc2ccccc2s1.